The summed E-state index contributed by atoms with van der Waals surface area (Å²) in [6.45, 7) is 2.97. The monoisotopic (exact) mass is 330 g/mol. The van der Waals surface area contributed by atoms with Crippen molar-refractivity contribution >= 4 is 5.82 Å². The molecule has 24 heavy (non-hydrogen) atoms. The van der Waals surface area contributed by atoms with E-state index in [4.69, 9.17) is 4.52 Å². The number of piperidine rings is 1. The molecule has 2 aromatic heterocycles. The summed E-state index contributed by atoms with van der Waals surface area (Å²) in [6, 6.07) is 1.94. The van der Waals surface area contributed by atoms with Crippen molar-refractivity contribution in [3.05, 3.63) is 38.1 Å². The van der Waals surface area contributed by atoms with E-state index in [9.17, 15) is 14.9 Å². The first kappa shape index (κ1) is 16.0. The zero-order chi connectivity index (χ0) is 17.4. The van der Waals surface area contributed by atoms with Crippen LogP contribution in [-0.4, -0.2) is 32.4 Å². The highest BCUT2D eigenvalue weighted by Crippen LogP contribution is 2.29. The van der Waals surface area contributed by atoms with Gasteiger partial charge in [-0.3, -0.25) is 13.9 Å². The maximum atomic E-state index is 12.2. The number of nitrogens with zero attached hydrogens (tertiary/aromatic N) is 6. The minimum Gasteiger partial charge on any atom is -0.357 e. The van der Waals surface area contributed by atoms with Crippen molar-refractivity contribution in [2.75, 3.05) is 18.0 Å². The van der Waals surface area contributed by atoms with Crippen LogP contribution in [0.25, 0.3) is 0 Å². The maximum Gasteiger partial charge on any atom is 0.332 e. The Bertz CT molecular complexity index is 924. The highest BCUT2D eigenvalue weighted by molar-refractivity contribution is 5.53. The Morgan fingerprint density at radius 3 is 2.42 bits per heavy atom. The molecule has 2 aromatic rings. The number of hydrogen-bond donors (Lipinski definition) is 0. The van der Waals surface area contributed by atoms with E-state index in [-0.39, 0.29) is 11.5 Å². The second kappa shape index (κ2) is 5.96. The van der Waals surface area contributed by atoms with Gasteiger partial charge >= 0.3 is 5.69 Å². The Morgan fingerprint density at radius 1 is 1.21 bits per heavy atom. The lowest BCUT2D eigenvalue weighted by atomic mass is 9.96. The summed E-state index contributed by atoms with van der Waals surface area (Å²) in [4.78, 5) is 30.5. The largest absolute Gasteiger partial charge is 0.357 e. The van der Waals surface area contributed by atoms with E-state index in [0.717, 1.165) is 17.4 Å². The molecule has 0 saturated carbocycles. The zero-order valence-electron chi connectivity index (χ0n) is 13.8. The number of rotatable bonds is 2. The molecular weight excluding hydrogens is 312 g/mol. The molecule has 0 N–H and O–H groups in total. The third-order valence-corrected chi connectivity index (χ3v) is 4.43. The van der Waals surface area contributed by atoms with Gasteiger partial charge in [-0.15, -0.1) is 0 Å². The van der Waals surface area contributed by atoms with Gasteiger partial charge < -0.3 is 9.42 Å². The molecule has 0 spiro atoms. The Labute approximate surface area is 137 Å². The van der Waals surface area contributed by atoms with Gasteiger partial charge in [-0.25, -0.2) is 4.79 Å². The number of hydrogen-bond acceptors (Lipinski definition) is 7. The highest BCUT2D eigenvalue weighted by Gasteiger charge is 2.28. The van der Waals surface area contributed by atoms with E-state index in [2.05, 4.69) is 10.1 Å². The summed E-state index contributed by atoms with van der Waals surface area (Å²) in [7, 11) is 2.95. The summed E-state index contributed by atoms with van der Waals surface area (Å²) >= 11 is 0. The summed E-state index contributed by atoms with van der Waals surface area (Å²) in [5.41, 5.74) is -1.01. The van der Waals surface area contributed by atoms with E-state index >= 15 is 0 Å². The van der Waals surface area contributed by atoms with Crippen LogP contribution >= 0.6 is 0 Å². The lowest BCUT2D eigenvalue weighted by molar-refractivity contribution is 0.326. The Balaban J connectivity index is 1.91. The van der Waals surface area contributed by atoms with E-state index in [1.807, 2.05) is 11.0 Å². The van der Waals surface area contributed by atoms with Gasteiger partial charge in [0, 0.05) is 33.1 Å². The smallest absolute Gasteiger partial charge is 0.332 e. The molecule has 1 aliphatic rings. The van der Waals surface area contributed by atoms with Crippen molar-refractivity contribution in [3.63, 3.8) is 0 Å². The van der Waals surface area contributed by atoms with Crippen LogP contribution in [0, 0.1) is 18.3 Å². The Morgan fingerprint density at radius 2 is 1.88 bits per heavy atom. The minimum absolute atomic E-state index is 0.00770. The van der Waals surface area contributed by atoms with E-state index in [1.54, 1.807) is 14.0 Å². The molecule has 1 fully saturated rings. The van der Waals surface area contributed by atoms with Gasteiger partial charge in [0.1, 0.15) is 11.9 Å². The normalized spacial score (nSPS) is 15.5. The van der Waals surface area contributed by atoms with Crippen LogP contribution < -0.4 is 16.1 Å². The summed E-state index contributed by atoms with van der Waals surface area (Å²) < 4.78 is 7.54. The fraction of sp³-hybridized carbons (Fsp3) is 0.533. The van der Waals surface area contributed by atoms with Crippen LogP contribution in [0.15, 0.2) is 14.1 Å². The molecule has 0 radical (unpaired) electrons. The molecule has 0 aliphatic carbocycles. The van der Waals surface area contributed by atoms with Gasteiger partial charge in [-0.2, -0.15) is 10.2 Å². The Hall–Kier alpha value is -2.89. The van der Waals surface area contributed by atoms with Crippen LogP contribution in [0.1, 0.15) is 36.0 Å². The van der Waals surface area contributed by atoms with Crippen molar-refractivity contribution in [2.24, 2.45) is 14.1 Å². The van der Waals surface area contributed by atoms with Crippen LogP contribution in [0.5, 0.6) is 0 Å². The molecule has 0 bridgehead atoms. The SMILES string of the molecule is Cc1noc(C2CCN(c3c(C#N)c(=O)n(C)c(=O)n3C)CC2)n1. The first-order chi connectivity index (χ1) is 11.4. The minimum atomic E-state index is -0.565. The number of nitriles is 1. The average molecular weight is 330 g/mol. The van der Waals surface area contributed by atoms with Gasteiger partial charge in [0.2, 0.25) is 5.89 Å². The fourth-order valence-corrected chi connectivity index (χ4v) is 3.12. The molecule has 9 heteroatoms. The van der Waals surface area contributed by atoms with Gasteiger partial charge in [-0.1, -0.05) is 5.16 Å². The average Bonchev–Trinajstić information content (AvgIpc) is 3.02. The number of aromatic nitrogens is 4. The first-order valence-electron chi connectivity index (χ1n) is 7.69. The predicted octanol–water partition coefficient (Wildman–Crippen LogP) is 0.0311. The first-order valence-corrected chi connectivity index (χ1v) is 7.69. The van der Waals surface area contributed by atoms with Crippen LogP contribution in [0.2, 0.25) is 0 Å². The quantitative estimate of drug-likeness (QED) is 0.764. The molecule has 0 amide bonds. The molecule has 9 nitrogen and oxygen atoms in total. The summed E-state index contributed by atoms with van der Waals surface area (Å²) in [5.74, 6) is 1.75. The van der Waals surface area contributed by atoms with E-state index in [1.165, 1.54) is 11.6 Å². The van der Waals surface area contributed by atoms with Gasteiger partial charge in [0.05, 0.1) is 0 Å². The van der Waals surface area contributed by atoms with E-state index < -0.39 is 11.2 Å². The van der Waals surface area contributed by atoms with Crippen molar-refractivity contribution < 1.29 is 4.52 Å². The molecule has 1 aliphatic heterocycles. The molecule has 3 rings (SSSR count). The van der Waals surface area contributed by atoms with Crippen molar-refractivity contribution in [3.8, 4) is 6.07 Å². The molecule has 0 atom stereocenters. The van der Waals surface area contributed by atoms with Crippen LogP contribution in [0.4, 0.5) is 5.82 Å². The lowest BCUT2D eigenvalue weighted by Crippen LogP contribution is -2.44. The van der Waals surface area contributed by atoms with Gasteiger partial charge in [-0.05, 0) is 19.8 Å². The predicted molar refractivity (Wildman–Crippen MR) is 84.9 cm³/mol. The molecular formula is C15H18N6O3. The van der Waals surface area contributed by atoms with Crippen molar-refractivity contribution in [2.45, 2.75) is 25.7 Å². The second-order valence-corrected chi connectivity index (χ2v) is 5.96. The molecule has 3 heterocycles. The van der Waals surface area contributed by atoms with Gasteiger partial charge in [0.15, 0.2) is 11.4 Å². The Kier molecular flexibility index (Phi) is 3.97. The summed E-state index contributed by atoms with van der Waals surface area (Å²) in [5, 5.41) is 13.2. The van der Waals surface area contributed by atoms with Crippen LogP contribution in [0.3, 0.4) is 0 Å². The molecule has 1 saturated heterocycles. The highest BCUT2D eigenvalue weighted by atomic mass is 16.5. The van der Waals surface area contributed by atoms with Crippen molar-refractivity contribution in [1.82, 2.24) is 19.3 Å². The topological polar surface area (TPSA) is 110 Å². The second-order valence-electron chi connectivity index (χ2n) is 5.96. The third kappa shape index (κ3) is 2.50. The van der Waals surface area contributed by atoms with Crippen molar-refractivity contribution in [1.29, 1.82) is 5.26 Å². The zero-order valence-corrected chi connectivity index (χ0v) is 13.8. The molecule has 0 aromatic carbocycles. The maximum absolute atomic E-state index is 12.2. The van der Waals surface area contributed by atoms with E-state index in [0.29, 0.717) is 30.6 Å². The molecule has 126 valence electrons. The fourth-order valence-electron chi connectivity index (χ4n) is 3.12. The number of anilines is 1. The third-order valence-electron chi connectivity index (χ3n) is 4.43. The lowest BCUT2D eigenvalue weighted by Gasteiger charge is -2.33. The number of aryl methyl sites for hydroxylation is 1. The summed E-state index contributed by atoms with van der Waals surface area (Å²) in [6.07, 6.45) is 1.49. The van der Waals surface area contributed by atoms with Gasteiger partial charge in [0.25, 0.3) is 5.56 Å². The standard InChI is InChI=1S/C15H18N6O3/c1-9-17-12(24-18-9)10-4-6-21(7-5-10)13-11(8-16)14(22)20(3)15(23)19(13)2/h10H,4-7H2,1-3H3. The molecule has 0 unspecified atom stereocenters. The van der Waals surface area contributed by atoms with Crippen LogP contribution in [-0.2, 0) is 14.1 Å².